The van der Waals surface area contributed by atoms with E-state index in [1.807, 2.05) is 18.1 Å². The Morgan fingerprint density at radius 2 is 2.04 bits per heavy atom. The van der Waals surface area contributed by atoms with E-state index in [4.69, 9.17) is 0 Å². The van der Waals surface area contributed by atoms with Crippen molar-refractivity contribution < 1.29 is 4.79 Å². The first-order valence-electron chi connectivity index (χ1n) is 9.82. The smallest absolute Gasteiger partial charge is 0.251 e. The number of dihydropyridines is 2. The number of carbonyl (C=O) groups is 1. The first-order chi connectivity index (χ1) is 12.8. The second-order valence-electron chi connectivity index (χ2n) is 7.36. The van der Waals surface area contributed by atoms with Gasteiger partial charge in [0.25, 0.3) is 5.91 Å². The molecular weight excluding hydrogens is 326 g/mol. The minimum atomic E-state index is 0.149. The summed E-state index contributed by atoms with van der Waals surface area (Å²) in [6.07, 6.45) is 14.3. The third-order valence-corrected chi connectivity index (χ3v) is 5.60. The van der Waals surface area contributed by atoms with Crippen LogP contribution in [0, 0.1) is 0 Å². The highest BCUT2D eigenvalue weighted by atomic mass is 16.2. The fraction of sp³-hybridized carbons (Fsp3) is 0.550. The van der Waals surface area contributed by atoms with E-state index in [-0.39, 0.29) is 12.1 Å². The van der Waals surface area contributed by atoms with E-state index in [0.29, 0.717) is 6.54 Å². The van der Waals surface area contributed by atoms with Gasteiger partial charge in [0.15, 0.2) is 0 Å². The summed E-state index contributed by atoms with van der Waals surface area (Å²) < 4.78 is 0. The van der Waals surface area contributed by atoms with Crippen LogP contribution in [0.15, 0.2) is 47.1 Å². The number of rotatable bonds is 3. The fourth-order valence-electron chi connectivity index (χ4n) is 4.17. The third kappa shape index (κ3) is 3.38. The van der Waals surface area contributed by atoms with E-state index in [9.17, 15) is 4.79 Å². The van der Waals surface area contributed by atoms with Crippen LogP contribution in [0.3, 0.4) is 0 Å². The van der Waals surface area contributed by atoms with Crippen LogP contribution in [0.2, 0.25) is 0 Å². The summed E-state index contributed by atoms with van der Waals surface area (Å²) in [6, 6.07) is 0. The van der Waals surface area contributed by atoms with Crippen molar-refractivity contribution in [3.05, 3.63) is 47.1 Å². The fourth-order valence-corrected chi connectivity index (χ4v) is 4.17. The van der Waals surface area contributed by atoms with Gasteiger partial charge in [-0.05, 0) is 69.2 Å². The number of likely N-dealkylation sites (N-methyl/N-ethyl adjacent to an activating group) is 1. The molecule has 4 aliphatic heterocycles. The van der Waals surface area contributed by atoms with E-state index in [1.54, 1.807) is 0 Å². The van der Waals surface area contributed by atoms with Crippen LogP contribution in [0.1, 0.15) is 32.1 Å². The zero-order valence-corrected chi connectivity index (χ0v) is 15.6. The monoisotopic (exact) mass is 355 g/mol. The maximum atomic E-state index is 12.8. The molecule has 0 aromatic heterocycles. The topological polar surface area (TPSA) is 59.6 Å². The van der Waals surface area contributed by atoms with Crippen molar-refractivity contribution >= 4 is 5.91 Å². The van der Waals surface area contributed by atoms with E-state index in [0.717, 1.165) is 50.9 Å². The number of hydrogen-bond acceptors (Lipinski definition) is 5. The molecule has 1 amide bonds. The van der Waals surface area contributed by atoms with Crippen LogP contribution in [0.5, 0.6) is 0 Å². The molecule has 3 N–H and O–H groups in total. The number of carbonyl (C=O) groups excluding carboxylic acids is 1. The average molecular weight is 355 g/mol. The Morgan fingerprint density at radius 1 is 1.19 bits per heavy atom. The van der Waals surface area contributed by atoms with Crippen LogP contribution < -0.4 is 16.0 Å². The lowest BCUT2D eigenvalue weighted by Crippen LogP contribution is -2.44. The van der Waals surface area contributed by atoms with Gasteiger partial charge in [-0.1, -0.05) is 0 Å². The molecule has 1 saturated heterocycles. The summed E-state index contributed by atoms with van der Waals surface area (Å²) in [4.78, 5) is 17.2. The molecule has 6 nitrogen and oxygen atoms in total. The van der Waals surface area contributed by atoms with Gasteiger partial charge in [0.2, 0.25) is 0 Å². The molecule has 0 aromatic rings. The van der Waals surface area contributed by atoms with E-state index < -0.39 is 0 Å². The number of likely N-dealkylation sites (tertiary alicyclic amines) is 1. The zero-order chi connectivity index (χ0) is 17.9. The second kappa shape index (κ2) is 7.58. The van der Waals surface area contributed by atoms with Crippen LogP contribution >= 0.6 is 0 Å². The molecular formula is C20H29N5O. The summed E-state index contributed by atoms with van der Waals surface area (Å²) in [5.41, 5.74) is 3.37. The maximum Gasteiger partial charge on any atom is 0.251 e. The highest BCUT2D eigenvalue weighted by Gasteiger charge is 2.28. The minimum absolute atomic E-state index is 0.149. The second-order valence-corrected chi connectivity index (χ2v) is 7.36. The number of amides is 1. The van der Waals surface area contributed by atoms with Crippen molar-refractivity contribution in [3.63, 3.8) is 0 Å². The van der Waals surface area contributed by atoms with Crippen molar-refractivity contribution in [2.75, 3.05) is 33.2 Å². The Balaban J connectivity index is 1.55. The lowest BCUT2D eigenvalue weighted by molar-refractivity contribution is -0.128. The van der Waals surface area contributed by atoms with Gasteiger partial charge in [-0.3, -0.25) is 10.1 Å². The first kappa shape index (κ1) is 17.2. The Kier molecular flexibility index (Phi) is 5.02. The molecule has 6 heteroatoms. The molecule has 140 valence electrons. The normalized spacial score (nSPS) is 25.8. The number of piperidine rings is 1. The largest absolute Gasteiger partial charge is 0.372 e. The molecule has 1 unspecified atom stereocenters. The maximum absolute atomic E-state index is 12.8. The number of allylic oxidation sites excluding steroid dienone is 3. The van der Waals surface area contributed by atoms with Crippen molar-refractivity contribution in [1.82, 2.24) is 25.8 Å². The van der Waals surface area contributed by atoms with Crippen molar-refractivity contribution in [2.24, 2.45) is 0 Å². The van der Waals surface area contributed by atoms with Gasteiger partial charge in [0, 0.05) is 37.4 Å². The quantitative estimate of drug-likeness (QED) is 0.714. The van der Waals surface area contributed by atoms with Crippen molar-refractivity contribution in [2.45, 2.75) is 38.3 Å². The van der Waals surface area contributed by atoms with E-state index in [2.05, 4.69) is 39.1 Å². The number of nitrogens with zero attached hydrogens (tertiary/aromatic N) is 2. The molecule has 0 radical (unpaired) electrons. The Morgan fingerprint density at radius 3 is 2.85 bits per heavy atom. The first-order valence-corrected chi connectivity index (χ1v) is 9.82. The third-order valence-electron chi connectivity index (χ3n) is 5.60. The van der Waals surface area contributed by atoms with Gasteiger partial charge in [0.05, 0.1) is 6.17 Å². The van der Waals surface area contributed by atoms with Crippen LogP contribution in [0.4, 0.5) is 0 Å². The molecule has 0 bridgehead atoms. The van der Waals surface area contributed by atoms with Gasteiger partial charge < -0.3 is 20.4 Å². The molecule has 0 spiro atoms. The van der Waals surface area contributed by atoms with Crippen LogP contribution in [0.25, 0.3) is 0 Å². The molecule has 0 aliphatic carbocycles. The Bertz CT molecular complexity index is 684. The number of hydrogen-bond donors (Lipinski definition) is 3. The van der Waals surface area contributed by atoms with Gasteiger partial charge in [-0.25, -0.2) is 0 Å². The van der Waals surface area contributed by atoms with Gasteiger partial charge >= 0.3 is 0 Å². The SMILES string of the molecule is CNC1C=C(N2CCCC3=C2NCC(C(=O)N2CCCCC2)=C3)C=CN1. The predicted molar refractivity (Wildman–Crippen MR) is 103 cm³/mol. The molecule has 26 heavy (non-hydrogen) atoms. The van der Waals surface area contributed by atoms with E-state index in [1.165, 1.54) is 23.5 Å². The highest BCUT2D eigenvalue weighted by molar-refractivity contribution is 5.94. The summed E-state index contributed by atoms with van der Waals surface area (Å²) >= 11 is 0. The van der Waals surface area contributed by atoms with Gasteiger partial charge in [-0.2, -0.15) is 0 Å². The summed E-state index contributed by atoms with van der Waals surface area (Å²) in [6.45, 7) is 3.44. The van der Waals surface area contributed by atoms with Crippen LogP contribution in [-0.4, -0.2) is 55.1 Å². The predicted octanol–water partition coefficient (Wildman–Crippen LogP) is 1.38. The Labute approximate surface area is 155 Å². The molecule has 4 heterocycles. The lowest BCUT2D eigenvalue weighted by Gasteiger charge is -2.38. The summed E-state index contributed by atoms with van der Waals surface area (Å²) in [5, 5.41) is 10.1. The van der Waals surface area contributed by atoms with Gasteiger partial charge in [0.1, 0.15) is 5.82 Å². The molecule has 1 atom stereocenters. The molecule has 4 rings (SSSR count). The standard InChI is InChI=1S/C20H29N5O/c1-21-18-13-17(7-8-22-18)25-11-5-6-15-12-16(14-23-19(15)25)20(26)24-9-3-2-4-10-24/h7-8,12-13,18,21-23H,2-6,9-11,14H2,1H3. The van der Waals surface area contributed by atoms with Gasteiger partial charge in [-0.15, -0.1) is 0 Å². The Hall–Kier alpha value is -2.21. The molecule has 0 aromatic carbocycles. The van der Waals surface area contributed by atoms with E-state index >= 15 is 0 Å². The molecule has 1 fully saturated rings. The average Bonchev–Trinajstić information content (AvgIpc) is 2.73. The lowest BCUT2D eigenvalue weighted by atomic mass is 9.97. The minimum Gasteiger partial charge on any atom is -0.372 e. The molecule has 4 aliphatic rings. The molecule has 0 saturated carbocycles. The van der Waals surface area contributed by atoms with Crippen LogP contribution in [-0.2, 0) is 4.79 Å². The summed E-state index contributed by atoms with van der Waals surface area (Å²) in [7, 11) is 1.95. The summed E-state index contributed by atoms with van der Waals surface area (Å²) in [5.74, 6) is 1.39. The van der Waals surface area contributed by atoms with Crippen molar-refractivity contribution in [3.8, 4) is 0 Å². The number of nitrogens with one attached hydrogen (secondary N) is 3. The zero-order valence-electron chi connectivity index (χ0n) is 15.6. The van der Waals surface area contributed by atoms with Crippen molar-refractivity contribution in [1.29, 1.82) is 0 Å². The highest BCUT2D eigenvalue weighted by Crippen LogP contribution is 2.30.